The van der Waals surface area contributed by atoms with Crippen molar-refractivity contribution in [1.82, 2.24) is 9.88 Å². The molecule has 0 unspecified atom stereocenters. The Morgan fingerprint density at radius 1 is 0.960 bits per heavy atom. The highest BCUT2D eigenvalue weighted by atomic mass is 16.2. The highest BCUT2D eigenvalue weighted by Gasteiger charge is 2.20. The Bertz CT molecular complexity index is 662. The summed E-state index contributed by atoms with van der Waals surface area (Å²) in [6.07, 6.45) is 7.24. The average molecular weight is 337 g/mol. The van der Waals surface area contributed by atoms with Gasteiger partial charge in [0, 0.05) is 38.8 Å². The quantitative estimate of drug-likeness (QED) is 0.783. The second-order valence-corrected chi connectivity index (χ2v) is 5.92. The van der Waals surface area contributed by atoms with Crippen molar-refractivity contribution < 1.29 is 4.79 Å². The lowest BCUT2D eigenvalue weighted by molar-refractivity contribution is -0.130. The Labute approximate surface area is 150 Å². The minimum absolute atomic E-state index is 0. The Balaban J connectivity index is 0.00000225. The van der Waals surface area contributed by atoms with Crippen LogP contribution in [0.3, 0.4) is 0 Å². The molecule has 2 aromatic rings. The van der Waals surface area contributed by atoms with Crippen molar-refractivity contribution in [3.63, 3.8) is 0 Å². The zero-order valence-electron chi connectivity index (χ0n) is 13.8. The molecule has 0 saturated carbocycles. The Morgan fingerprint density at radius 3 is 2.36 bits per heavy atom. The van der Waals surface area contributed by atoms with Gasteiger partial charge in [-0.05, 0) is 24.1 Å². The predicted octanol–water partition coefficient (Wildman–Crippen LogP) is 3.56. The standard InChI is InChI=1S/C20H23N3O.CH4/c24-20(12-5-4-10-18-8-2-1-3-9-18)23-16-14-22(15-17-23)19-11-6-7-13-21-19;/h1-9,11,13H,10,12,14-17H2;1H4/b5-4-;. The number of allylic oxidation sites excluding steroid dienone is 1. The van der Waals surface area contributed by atoms with Crippen molar-refractivity contribution >= 4 is 11.7 Å². The Hall–Kier alpha value is -2.62. The summed E-state index contributed by atoms with van der Waals surface area (Å²) >= 11 is 0. The molecule has 25 heavy (non-hydrogen) atoms. The van der Waals surface area contributed by atoms with E-state index in [0.717, 1.165) is 38.4 Å². The molecule has 132 valence electrons. The molecule has 1 aromatic heterocycles. The highest BCUT2D eigenvalue weighted by Crippen LogP contribution is 2.13. The third-order valence-corrected chi connectivity index (χ3v) is 4.26. The topological polar surface area (TPSA) is 36.4 Å². The molecule has 4 heteroatoms. The number of pyridine rings is 1. The zero-order valence-corrected chi connectivity index (χ0v) is 13.8. The lowest BCUT2D eigenvalue weighted by atomic mass is 10.1. The fraction of sp³-hybridized carbons (Fsp3) is 0.333. The van der Waals surface area contributed by atoms with Crippen molar-refractivity contribution in [2.24, 2.45) is 0 Å². The number of hydrogen-bond donors (Lipinski definition) is 0. The predicted molar refractivity (Wildman–Crippen MR) is 104 cm³/mol. The van der Waals surface area contributed by atoms with Crippen molar-refractivity contribution in [2.45, 2.75) is 20.3 Å². The van der Waals surface area contributed by atoms with Gasteiger partial charge in [-0.2, -0.15) is 0 Å². The number of piperazine rings is 1. The van der Waals surface area contributed by atoms with E-state index in [1.165, 1.54) is 5.56 Å². The number of amides is 1. The van der Waals surface area contributed by atoms with Crippen LogP contribution in [-0.4, -0.2) is 42.0 Å². The molecular weight excluding hydrogens is 310 g/mol. The number of carbonyl (C=O) groups is 1. The molecule has 1 amide bonds. The summed E-state index contributed by atoms with van der Waals surface area (Å²) in [4.78, 5) is 20.8. The van der Waals surface area contributed by atoms with E-state index >= 15 is 0 Å². The van der Waals surface area contributed by atoms with Gasteiger partial charge in [-0.25, -0.2) is 4.98 Å². The molecule has 0 radical (unpaired) electrons. The second-order valence-electron chi connectivity index (χ2n) is 5.92. The van der Waals surface area contributed by atoms with Gasteiger partial charge in [-0.15, -0.1) is 0 Å². The number of carbonyl (C=O) groups excluding carboxylic acids is 1. The number of nitrogens with zero attached hydrogens (tertiary/aromatic N) is 3. The van der Waals surface area contributed by atoms with Crippen LogP contribution in [0.15, 0.2) is 66.9 Å². The van der Waals surface area contributed by atoms with Gasteiger partial charge >= 0.3 is 0 Å². The van der Waals surface area contributed by atoms with Crippen molar-refractivity contribution in [3.8, 4) is 0 Å². The van der Waals surface area contributed by atoms with Gasteiger partial charge in [0.25, 0.3) is 0 Å². The first-order chi connectivity index (χ1) is 11.8. The van der Waals surface area contributed by atoms with Gasteiger partial charge in [0.15, 0.2) is 0 Å². The molecular formula is C21H27N3O. The van der Waals surface area contributed by atoms with Crippen LogP contribution in [0.4, 0.5) is 5.82 Å². The summed E-state index contributed by atoms with van der Waals surface area (Å²) in [7, 11) is 0. The van der Waals surface area contributed by atoms with Crippen LogP contribution < -0.4 is 4.90 Å². The summed E-state index contributed by atoms with van der Waals surface area (Å²) in [6, 6.07) is 16.2. The molecule has 0 N–H and O–H groups in total. The number of aromatic nitrogens is 1. The summed E-state index contributed by atoms with van der Waals surface area (Å²) in [5.41, 5.74) is 1.27. The van der Waals surface area contributed by atoms with Crippen molar-refractivity contribution in [2.75, 3.05) is 31.1 Å². The van der Waals surface area contributed by atoms with E-state index in [0.29, 0.717) is 6.42 Å². The molecule has 4 nitrogen and oxygen atoms in total. The van der Waals surface area contributed by atoms with E-state index in [4.69, 9.17) is 0 Å². The Morgan fingerprint density at radius 2 is 1.68 bits per heavy atom. The first kappa shape index (κ1) is 18.7. The van der Waals surface area contributed by atoms with E-state index < -0.39 is 0 Å². The van der Waals surface area contributed by atoms with Crippen molar-refractivity contribution in [3.05, 3.63) is 72.4 Å². The highest BCUT2D eigenvalue weighted by molar-refractivity contribution is 5.78. The molecule has 0 spiro atoms. The van der Waals surface area contributed by atoms with E-state index in [9.17, 15) is 4.79 Å². The van der Waals surface area contributed by atoms with E-state index in [2.05, 4.69) is 28.1 Å². The molecule has 1 aromatic carbocycles. The minimum atomic E-state index is 0. The van der Waals surface area contributed by atoms with Crippen LogP contribution in [0.5, 0.6) is 0 Å². The summed E-state index contributed by atoms with van der Waals surface area (Å²) in [5.74, 6) is 1.20. The van der Waals surface area contributed by atoms with Crippen LogP contribution in [0.25, 0.3) is 0 Å². The smallest absolute Gasteiger partial charge is 0.226 e. The SMILES string of the molecule is C.O=C(C/C=C\Cc1ccccc1)N1CCN(c2ccccn2)CC1. The van der Waals surface area contributed by atoms with Gasteiger partial charge < -0.3 is 9.80 Å². The molecule has 3 rings (SSSR count). The average Bonchev–Trinajstić information content (AvgIpc) is 2.67. The van der Waals surface area contributed by atoms with Crippen LogP contribution in [0, 0.1) is 0 Å². The summed E-state index contributed by atoms with van der Waals surface area (Å²) in [6.45, 7) is 3.22. The maximum absolute atomic E-state index is 12.3. The molecule has 1 fully saturated rings. The molecule has 1 aliphatic heterocycles. The third-order valence-electron chi connectivity index (χ3n) is 4.26. The third kappa shape index (κ3) is 5.45. The minimum Gasteiger partial charge on any atom is -0.353 e. The number of hydrogen-bond acceptors (Lipinski definition) is 3. The molecule has 0 atom stereocenters. The maximum Gasteiger partial charge on any atom is 0.226 e. The van der Waals surface area contributed by atoms with Crippen LogP contribution in [0.1, 0.15) is 19.4 Å². The first-order valence-corrected chi connectivity index (χ1v) is 8.45. The molecule has 0 bridgehead atoms. The van der Waals surface area contributed by atoms with Gasteiger partial charge in [-0.3, -0.25) is 4.79 Å². The number of rotatable bonds is 5. The van der Waals surface area contributed by atoms with Crippen molar-refractivity contribution in [1.29, 1.82) is 0 Å². The summed E-state index contributed by atoms with van der Waals surface area (Å²) < 4.78 is 0. The maximum atomic E-state index is 12.3. The second kappa shape index (κ2) is 9.62. The largest absolute Gasteiger partial charge is 0.353 e. The van der Waals surface area contributed by atoms with Gasteiger partial charge in [0.2, 0.25) is 5.91 Å². The lowest BCUT2D eigenvalue weighted by Gasteiger charge is -2.35. The van der Waals surface area contributed by atoms with Crippen LogP contribution >= 0.6 is 0 Å². The summed E-state index contributed by atoms with van der Waals surface area (Å²) in [5, 5.41) is 0. The van der Waals surface area contributed by atoms with Gasteiger partial charge in [0.05, 0.1) is 0 Å². The lowest BCUT2D eigenvalue weighted by Crippen LogP contribution is -2.48. The van der Waals surface area contributed by atoms with Crippen LogP contribution in [0.2, 0.25) is 0 Å². The fourth-order valence-electron chi connectivity index (χ4n) is 2.87. The number of anilines is 1. The van der Waals surface area contributed by atoms with E-state index in [1.807, 2.05) is 53.6 Å². The molecule has 1 saturated heterocycles. The molecule has 0 aliphatic carbocycles. The Kier molecular flexibility index (Phi) is 7.20. The van der Waals surface area contributed by atoms with E-state index in [1.54, 1.807) is 0 Å². The molecule has 2 heterocycles. The number of benzene rings is 1. The van der Waals surface area contributed by atoms with Crippen LogP contribution in [-0.2, 0) is 11.2 Å². The monoisotopic (exact) mass is 337 g/mol. The van der Waals surface area contributed by atoms with Gasteiger partial charge in [-0.1, -0.05) is 56.0 Å². The zero-order chi connectivity index (χ0) is 16.6. The van der Waals surface area contributed by atoms with Gasteiger partial charge in [0.1, 0.15) is 5.82 Å². The molecule has 1 aliphatic rings. The van der Waals surface area contributed by atoms with E-state index in [-0.39, 0.29) is 13.3 Å². The first-order valence-electron chi connectivity index (χ1n) is 8.45. The normalized spacial score (nSPS) is 14.4. The fourth-order valence-corrected chi connectivity index (χ4v) is 2.87.